The molecular weight excluding hydrogens is 334 g/mol. The number of carbonyl (C=O) groups excluding carboxylic acids is 1. The summed E-state index contributed by atoms with van der Waals surface area (Å²) in [5.74, 6) is 1.94. The van der Waals surface area contributed by atoms with E-state index >= 15 is 0 Å². The summed E-state index contributed by atoms with van der Waals surface area (Å²) in [6, 6.07) is 7.98. The molecule has 0 bridgehead atoms. The number of rotatable bonds is 11. The molecule has 0 unspecified atom stereocenters. The Morgan fingerprint density at radius 3 is 2.35 bits per heavy atom. The van der Waals surface area contributed by atoms with Crippen LogP contribution in [0.15, 0.2) is 24.3 Å². The van der Waals surface area contributed by atoms with Crippen LogP contribution in [0, 0.1) is 0 Å². The molecule has 0 radical (unpaired) electrons. The standard InChI is InChI=1S/C17H27NO3S.ClH/c1-4-18(5-2)11-12-21-17(19)14-22-13-15-7-9-16(10-8-15)20-6-3;/h7-10H,4-6,11-14H2,1-3H3;1H. The van der Waals surface area contributed by atoms with Gasteiger partial charge in [-0.15, -0.1) is 24.2 Å². The fourth-order valence-corrected chi connectivity index (χ4v) is 2.75. The van der Waals surface area contributed by atoms with Crippen molar-refractivity contribution in [3.05, 3.63) is 29.8 Å². The molecule has 0 aliphatic rings. The molecule has 0 aliphatic heterocycles. The van der Waals surface area contributed by atoms with Crippen molar-refractivity contribution in [1.29, 1.82) is 0 Å². The van der Waals surface area contributed by atoms with Crippen LogP contribution in [0.3, 0.4) is 0 Å². The van der Waals surface area contributed by atoms with E-state index in [2.05, 4.69) is 18.7 Å². The number of benzene rings is 1. The molecule has 0 aromatic heterocycles. The third kappa shape index (κ3) is 9.74. The molecule has 0 fully saturated rings. The zero-order valence-electron chi connectivity index (χ0n) is 14.2. The highest BCUT2D eigenvalue weighted by Gasteiger charge is 2.05. The summed E-state index contributed by atoms with van der Waals surface area (Å²) in [6.45, 7) is 10.1. The summed E-state index contributed by atoms with van der Waals surface area (Å²) in [5.41, 5.74) is 1.18. The second kappa shape index (κ2) is 13.5. The van der Waals surface area contributed by atoms with Gasteiger partial charge in [0.15, 0.2) is 0 Å². The number of carbonyl (C=O) groups is 1. The lowest BCUT2D eigenvalue weighted by molar-refractivity contribution is -0.140. The van der Waals surface area contributed by atoms with Gasteiger partial charge in [-0.2, -0.15) is 0 Å². The van der Waals surface area contributed by atoms with Crippen molar-refractivity contribution in [1.82, 2.24) is 4.90 Å². The van der Waals surface area contributed by atoms with Gasteiger partial charge in [-0.25, -0.2) is 0 Å². The fraction of sp³-hybridized carbons (Fsp3) is 0.588. The average Bonchev–Trinajstić information content (AvgIpc) is 2.53. The highest BCUT2D eigenvalue weighted by atomic mass is 35.5. The van der Waals surface area contributed by atoms with Gasteiger partial charge in [-0.1, -0.05) is 26.0 Å². The topological polar surface area (TPSA) is 38.8 Å². The maximum atomic E-state index is 11.6. The molecule has 0 N–H and O–H groups in total. The maximum absolute atomic E-state index is 11.6. The minimum atomic E-state index is -0.136. The van der Waals surface area contributed by atoms with Crippen molar-refractivity contribution in [3.8, 4) is 5.75 Å². The largest absolute Gasteiger partial charge is 0.494 e. The number of hydrogen-bond acceptors (Lipinski definition) is 5. The summed E-state index contributed by atoms with van der Waals surface area (Å²) in [4.78, 5) is 13.9. The monoisotopic (exact) mass is 361 g/mol. The first-order chi connectivity index (χ1) is 10.7. The summed E-state index contributed by atoms with van der Waals surface area (Å²) < 4.78 is 10.6. The fourth-order valence-electron chi connectivity index (χ4n) is 1.97. The van der Waals surface area contributed by atoms with E-state index in [1.807, 2.05) is 31.2 Å². The van der Waals surface area contributed by atoms with Crippen molar-refractivity contribution in [2.75, 3.05) is 38.6 Å². The van der Waals surface area contributed by atoms with Gasteiger partial charge in [0.05, 0.1) is 12.4 Å². The molecule has 0 heterocycles. The molecule has 1 aromatic carbocycles. The first kappa shape index (κ1) is 22.1. The van der Waals surface area contributed by atoms with E-state index in [0.29, 0.717) is 19.0 Å². The zero-order valence-corrected chi connectivity index (χ0v) is 15.9. The summed E-state index contributed by atoms with van der Waals surface area (Å²) >= 11 is 1.58. The Bertz CT molecular complexity index is 424. The predicted octanol–water partition coefficient (Wildman–Crippen LogP) is 3.63. The molecule has 0 saturated heterocycles. The Hall–Kier alpha value is -0.910. The summed E-state index contributed by atoms with van der Waals surface area (Å²) in [6.07, 6.45) is 0. The molecule has 1 aromatic rings. The van der Waals surface area contributed by atoms with E-state index in [-0.39, 0.29) is 18.4 Å². The molecule has 132 valence electrons. The first-order valence-corrected chi connectivity index (χ1v) is 9.02. The lowest BCUT2D eigenvalue weighted by Gasteiger charge is -2.17. The molecule has 0 atom stereocenters. The van der Waals surface area contributed by atoms with Crippen LogP contribution in [-0.4, -0.2) is 49.5 Å². The third-order valence-corrected chi connectivity index (χ3v) is 4.27. The van der Waals surface area contributed by atoms with E-state index in [9.17, 15) is 4.79 Å². The van der Waals surface area contributed by atoms with Gasteiger partial charge in [-0.05, 0) is 37.7 Å². The van der Waals surface area contributed by atoms with Crippen LogP contribution < -0.4 is 4.74 Å². The highest BCUT2D eigenvalue weighted by molar-refractivity contribution is 7.99. The molecule has 0 spiro atoms. The van der Waals surface area contributed by atoms with Gasteiger partial charge in [-0.3, -0.25) is 4.79 Å². The number of ether oxygens (including phenoxy) is 2. The average molecular weight is 362 g/mol. The van der Waals surface area contributed by atoms with E-state index in [4.69, 9.17) is 9.47 Å². The number of likely N-dealkylation sites (N-methyl/N-ethyl adjacent to an activating group) is 1. The van der Waals surface area contributed by atoms with Crippen LogP contribution in [0.2, 0.25) is 0 Å². The van der Waals surface area contributed by atoms with Crippen LogP contribution >= 0.6 is 24.2 Å². The van der Waals surface area contributed by atoms with Gasteiger partial charge >= 0.3 is 5.97 Å². The number of nitrogens with zero attached hydrogens (tertiary/aromatic N) is 1. The molecule has 23 heavy (non-hydrogen) atoms. The molecule has 0 amide bonds. The SMILES string of the molecule is CCOc1ccc(CSCC(=O)OCCN(CC)CC)cc1.Cl. The second-order valence-electron chi connectivity index (χ2n) is 4.82. The third-order valence-electron chi connectivity index (χ3n) is 3.29. The van der Waals surface area contributed by atoms with E-state index in [0.717, 1.165) is 31.1 Å². The van der Waals surface area contributed by atoms with Crippen molar-refractivity contribution in [2.45, 2.75) is 26.5 Å². The van der Waals surface area contributed by atoms with Gasteiger partial charge in [0.2, 0.25) is 0 Å². The van der Waals surface area contributed by atoms with Crippen molar-refractivity contribution in [3.63, 3.8) is 0 Å². The van der Waals surface area contributed by atoms with Gasteiger partial charge in [0, 0.05) is 12.3 Å². The van der Waals surface area contributed by atoms with Crippen LogP contribution in [0.4, 0.5) is 0 Å². The minimum Gasteiger partial charge on any atom is -0.494 e. The van der Waals surface area contributed by atoms with E-state index in [1.54, 1.807) is 11.8 Å². The molecule has 6 heteroatoms. The quantitative estimate of drug-likeness (QED) is 0.563. The Kier molecular flexibility index (Phi) is 13.0. The smallest absolute Gasteiger partial charge is 0.315 e. The molecule has 0 aliphatic carbocycles. The molecule has 4 nitrogen and oxygen atoms in total. The number of thioether (sulfide) groups is 1. The molecular formula is C17H28ClNO3S. The van der Waals surface area contributed by atoms with Gasteiger partial charge in [0.1, 0.15) is 12.4 Å². The van der Waals surface area contributed by atoms with Crippen LogP contribution in [0.1, 0.15) is 26.3 Å². The normalized spacial score (nSPS) is 10.3. The van der Waals surface area contributed by atoms with E-state index in [1.165, 1.54) is 5.56 Å². The maximum Gasteiger partial charge on any atom is 0.315 e. The zero-order chi connectivity index (χ0) is 16.2. The summed E-state index contributed by atoms with van der Waals surface area (Å²) in [5, 5.41) is 0. The Labute approximate surface area is 150 Å². The van der Waals surface area contributed by atoms with Crippen molar-refractivity contribution >= 4 is 30.1 Å². The Balaban J connectivity index is 0.00000484. The number of halogens is 1. The summed E-state index contributed by atoms with van der Waals surface area (Å²) in [7, 11) is 0. The van der Waals surface area contributed by atoms with Gasteiger partial charge in [0.25, 0.3) is 0 Å². The Morgan fingerprint density at radius 1 is 1.13 bits per heavy atom. The van der Waals surface area contributed by atoms with Crippen LogP contribution in [0.25, 0.3) is 0 Å². The lowest BCUT2D eigenvalue weighted by atomic mass is 10.2. The lowest BCUT2D eigenvalue weighted by Crippen LogP contribution is -2.28. The first-order valence-electron chi connectivity index (χ1n) is 7.87. The number of hydrogen-bond donors (Lipinski definition) is 0. The molecule has 0 saturated carbocycles. The van der Waals surface area contributed by atoms with Crippen molar-refractivity contribution < 1.29 is 14.3 Å². The molecule has 1 rings (SSSR count). The van der Waals surface area contributed by atoms with E-state index < -0.39 is 0 Å². The second-order valence-corrected chi connectivity index (χ2v) is 5.80. The minimum absolute atomic E-state index is 0. The van der Waals surface area contributed by atoms with Crippen LogP contribution in [0.5, 0.6) is 5.75 Å². The van der Waals surface area contributed by atoms with Crippen LogP contribution in [-0.2, 0) is 15.3 Å². The highest BCUT2D eigenvalue weighted by Crippen LogP contribution is 2.17. The Morgan fingerprint density at radius 2 is 1.78 bits per heavy atom. The predicted molar refractivity (Wildman–Crippen MR) is 99.8 cm³/mol. The van der Waals surface area contributed by atoms with Crippen molar-refractivity contribution in [2.24, 2.45) is 0 Å². The number of esters is 1. The van der Waals surface area contributed by atoms with Gasteiger partial charge < -0.3 is 14.4 Å².